The van der Waals surface area contributed by atoms with Gasteiger partial charge in [-0.05, 0) is 30.3 Å². The number of hydrogen-bond donors (Lipinski definition) is 1. The van der Waals surface area contributed by atoms with Crippen molar-refractivity contribution in [3.8, 4) is 10.6 Å². The molecule has 0 saturated heterocycles. The summed E-state index contributed by atoms with van der Waals surface area (Å²) < 4.78 is 0. The summed E-state index contributed by atoms with van der Waals surface area (Å²) >= 11 is 1.71. The number of fused-ring (bicyclic) bond motifs is 1. The van der Waals surface area contributed by atoms with Gasteiger partial charge in [-0.25, -0.2) is 4.98 Å². The Hall–Kier alpha value is -1.71. The molecule has 0 fully saturated rings. The second-order valence-electron chi connectivity index (χ2n) is 4.92. The van der Waals surface area contributed by atoms with E-state index in [0.717, 1.165) is 17.2 Å². The Kier molecular flexibility index (Phi) is 3.81. The summed E-state index contributed by atoms with van der Waals surface area (Å²) in [6.45, 7) is 5.24. The van der Waals surface area contributed by atoms with Crippen molar-refractivity contribution in [3.05, 3.63) is 53.5 Å². The van der Waals surface area contributed by atoms with Crippen molar-refractivity contribution < 1.29 is 0 Å². The number of thiazole rings is 1. The minimum Gasteiger partial charge on any atom is -0.309 e. The molecule has 0 saturated carbocycles. The van der Waals surface area contributed by atoms with Crippen LogP contribution >= 0.6 is 11.3 Å². The average molecular weight is 282 g/mol. The summed E-state index contributed by atoms with van der Waals surface area (Å²) in [5, 5.41) is 9.18. The highest BCUT2D eigenvalue weighted by atomic mass is 32.1. The lowest BCUT2D eigenvalue weighted by Gasteiger charge is -2.08. The summed E-state index contributed by atoms with van der Waals surface area (Å²) in [4.78, 5) is 4.76. The van der Waals surface area contributed by atoms with Gasteiger partial charge in [-0.2, -0.15) is 0 Å². The van der Waals surface area contributed by atoms with Gasteiger partial charge in [0.05, 0.1) is 5.69 Å². The van der Waals surface area contributed by atoms with E-state index in [4.69, 9.17) is 4.98 Å². The summed E-state index contributed by atoms with van der Waals surface area (Å²) in [7, 11) is 0. The molecule has 3 aromatic rings. The van der Waals surface area contributed by atoms with Gasteiger partial charge in [-0.3, -0.25) is 0 Å². The van der Waals surface area contributed by atoms with Gasteiger partial charge in [0.25, 0.3) is 0 Å². The van der Waals surface area contributed by atoms with Crippen molar-refractivity contribution in [2.45, 2.75) is 19.9 Å². The van der Waals surface area contributed by atoms with Crippen LogP contribution in [-0.4, -0.2) is 11.5 Å². The van der Waals surface area contributed by atoms with E-state index >= 15 is 0 Å². The van der Waals surface area contributed by atoms with Crippen LogP contribution in [0.2, 0.25) is 0 Å². The van der Waals surface area contributed by atoms with Crippen LogP contribution in [0.3, 0.4) is 0 Å². The monoisotopic (exact) mass is 282 g/mol. The van der Waals surface area contributed by atoms with Crippen LogP contribution in [0.4, 0.5) is 0 Å². The van der Waals surface area contributed by atoms with Crippen molar-refractivity contribution in [2.24, 2.45) is 0 Å². The SMILES string of the molecule is CCNC(C)c1csc(-c2ccc3ccccc3c2)n1. The first-order valence-electron chi connectivity index (χ1n) is 6.96. The second-order valence-corrected chi connectivity index (χ2v) is 5.78. The molecule has 0 bridgehead atoms. The molecule has 0 aliphatic rings. The molecule has 0 aliphatic carbocycles. The first-order chi connectivity index (χ1) is 9.78. The summed E-state index contributed by atoms with van der Waals surface area (Å²) in [6.07, 6.45) is 0. The van der Waals surface area contributed by atoms with Gasteiger partial charge < -0.3 is 5.32 Å². The van der Waals surface area contributed by atoms with E-state index in [-0.39, 0.29) is 0 Å². The lowest BCUT2D eigenvalue weighted by molar-refractivity contribution is 0.587. The normalized spacial score (nSPS) is 12.7. The Labute approximate surface area is 123 Å². The topological polar surface area (TPSA) is 24.9 Å². The molecule has 2 nitrogen and oxygen atoms in total. The second kappa shape index (κ2) is 5.73. The Bertz CT molecular complexity index is 718. The van der Waals surface area contributed by atoms with E-state index in [0.29, 0.717) is 6.04 Å². The quantitative estimate of drug-likeness (QED) is 0.754. The van der Waals surface area contributed by atoms with E-state index in [9.17, 15) is 0 Å². The maximum Gasteiger partial charge on any atom is 0.123 e. The Morgan fingerprint density at radius 2 is 1.95 bits per heavy atom. The third-order valence-corrected chi connectivity index (χ3v) is 4.38. The highest BCUT2D eigenvalue weighted by molar-refractivity contribution is 7.13. The first-order valence-corrected chi connectivity index (χ1v) is 7.84. The van der Waals surface area contributed by atoms with Crippen LogP contribution in [-0.2, 0) is 0 Å². The molecule has 20 heavy (non-hydrogen) atoms. The average Bonchev–Trinajstić information content (AvgIpc) is 2.97. The molecular weight excluding hydrogens is 264 g/mol. The molecule has 3 rings (SSSR count). The zero-order valence-electron chi connectivity index (χ0n) is 11.8. The smallest absolute Gasteiger partial charge is 0.123 e. The lowest BCUT2D eigenvalue weighted by Crippen LogP contribution is -2.17. The van der Waals surface area contributed by atoms with E-state index in [1.165, 1.54) is 16.3 Å². The van der Waals surface area contributed by atoms with Crippen LogP contribution in [0, 0.1) is 0 Å². The minimum absolute atomic E-state index is 0.311. The van der Waals surface area contributed by atoms with Crippen LogP contribution in [0.5, 0.6) is 0 Å². The van der Waals surface area contributed by atoms with Crippen molar-refractivity contribution in [2.75, 3.05) is 6.54 Å². The molecule has 3 heteroatoms. The third kappa shape index (κ3) is 2.60. The molecular formula is C17H18N2S. The highest BCUT2D eigenvalue weighted by Crippen LogP contribution is 2.28. The molecule has 1 N–H and O–H groups in total. The van der Waals surface area contributed by atoms with Gasteiger partial charge >= 0.3 is 0 Å². The zero-order valence-corrected chi connectivity index (χ0v) is 12.6. The lowest BCUT2D eigenvalue weighted by atomic mass is 10.1. The minimum atomic E-state index is 0.311. The maximum atomic E-state index is 4.76. The van der Waals surface area contributed by atoms with Crippen molar-refractivity contribution in [3.63, 3.8) is 0 Å². The number of nitrogens with zero attached hydrogens (tertiary/aromatic N) is 1. The number of rotatable bonds is 4. The van der Waals surface area contributed by atoms with E-state index in [1.807, 2.05) is 0 Å². The number of hydrogen-bond acceptors (Lipinski definition) is 3. The van der Waals surface area contributed by atoms with Crippen LogP contribution in [0.15, 0.2) is 47.8 Å². The predicted octanol–water partition coefficient (Wildman–Crippen LogP) is 4.63. The van der Waals surface area contributed by atoms with Crippen LogP contribution < -0.4 is 5.32 Å². The largest absolute Gasteiger partial charge is 0.309 e. The van der Waals surface area contributed by atoms with Gasteiger partial charge in [0.2, 0.25) is 0 Å². The van der Waals surface area contributed by atoms with Crippen LogP contribution in [0.25, 0.3) is 21.3 Å². The number of benzene rings is 2. The van der Waals surface area contributed by atoms with Gasteiger partial charge in [0.15, 0.2) is 0 Å². The fourth-order valence-corrected chi connectivity index (χ4v) is 3.26. The maximum absolute atomic E-state index is 4.76. The van der Waals surface area contributed by atoms with Gasteiger partial charge in [-0.15, -0.1) is 11.3 Å². The summed E-state index contributed by atoms with van der Waals surface area (Å²) in [6, 6.07) is 15.3. The first kappa shape index (κ1) is 13.3. The number of aromatic nitrogens is 1. The van der Waals surface area contributed by atoms with Gasteiger partial charge in [0, 0.05) is 17.0 Å². The van der Waals surface area contributed by atoms with E-state index in [2.05, 4.69) is 67.0 Å². The van der Waals surface area contributed by atoms with Crippen molar-refractivity contribution in [1.29, 1.82) is 0 Å². The van der Waals surface area contributed by atoms with Gasteiger partial charge in [-0.1, -0.05) is 43.3 Å². The fraction of sp³-hybridized carbons (Fsp3) is 0.235. The van der Waals surface area contributed by atoms with Crippen LogP contribution in [0.1, 0.15) is 25.6 Å². The molecule has 1 atom stereocenters. The molecule has 0 amide bonds. The molecule has 1 aromatic heterocycles. The summed E-state index contributed by atoms with van der Waals surface area (Å²) in [5.74, 6) is 0. The molecule has 1 unspecified atom stereocenters. The van der Waals surface area contributed by atoms with E-state index in [1.54, 1.807) is 11.3 Å². The van der Waals surface area contributed by atoms with Crippen molar-refractivity contribution >= 4 is 22.1 Å². The predicted molar refractivity (Wildman–Crippen MR) is 87.1 cm³/mol. The van der Waals surface area contributed by atoms with Crippen molar-refractivity contribution in [1.82, 2.24) is 10.3 Å². The molecule has 0 aliphatic heterocycles. The van der Waals surface area contributed by atoms with Gasteiger partial charge in [0.1, 0.15) is 5.01 Å². The van der Waals surface area contributed by atoms with E-state index < -0.39 is 0 Å². The molecule has 0 radical (unpaired) electrons. The fourth-order valence-electron chi connectivity index (χ4n) is 2.35. The Balaban J connectivity index is 1.94. The standard InChI is InChI=1S/C17H18N2S/c1-3-18-12(2)16-11-20-17(19-16)15-9-8-13-6-4-5-7-14(13)10-15/h4-12,18H,3H2,1-2H3. The zero-order chi connectivity index (χ0) is 13.9. The highest BCUT2D eigenvalue weighted by Gasteiger charge is 2.10. The summed E-state index contributed by atoms with van der Waals surface area (Å²) in [5.41, 5.74) is 2.32. The Morgan fingerprint density at radius 3 is 2.75 bits per heavy atom. The molecule has 2 aromatic carbocycles. The molecule has 1 heterocycles. The molecule has 102 valence electrons. The third-order valence-electron chi connectivity index (χ3n) is 3.47. The number of nitrogens with one attached hydrogen (secondary N) is 1. The molecule has 0 spiro atoms. The Morgan fingerprint density at radius 1 is 1.15 bits per heavy atom.